The molecule has 0 radical (unpaired) electrons. The lowest BCUT2D eigenvalue weighted by atomic mass is 10.1. The number of hydrogen-bond acceptors (Lipinski definition) is 1. The third kappa shape index (κ3) is 5.32. The highest BCUT2D eigenvalue weighted by atomic mass is 79.9. The third-order valence-corrected chi connectivity index (χ3v) is 3.31. The molecule has 0 aliphatic carbocycles. The van der Waals surface area contributed by atoms with Crippen LogP contribution >= 0.6 is 27.5 Å². The van der Waals surface area contributed by atoms with Gasteiger partial charge in [-0.05, 0) is 38.0 Å². The van der Waals surface area contributed by atoms with E-state index < -0.39 is 17.6 Å². The van der Waals surface area contributed by atoms with Crippen LogP contribution in [0.15, 0.2) is 22.7 Å². The van der Waals surface area contributed by atoms with Crippen molar-refractivity contribution in [2.45, 2.75) is 31.3 Å². The Morgan fingerprint density at radius 3 is 2.65 bits per heavy atom. The van der Waals surface area contributed by atoms with Gasteiger partial charge in [0.25, 0.3) is 5.91 Å². The molecule has 1 aromatic carbocycles. The SMILES string of the molecule is CC(Cl)CCCNC(=O)c1ccc(Br)cc1C(F)(F)F. The molecule has 1 N–H and O–H groups in total. The van der Waals surface area contributed by atoms with E-state index in [1.54, 1.807) is 0 Å². The van der Waals surface area contributed by atoms with Crippen LogP contribution in [-0.2, 0) is 6.18 Å². The van der Waals surface area contributed by atoms with Crippen molar-refractivity contribution in [3.8, 4) is 0 Å². The Balaban J connectivity index is 2.78. The van der Waals surface area contributed by atoms with E-state index in [1.165, 1.54) is 6.07 Å². The summed E-state index contributed by atoms with van der Waals surface area (Å²) in [6, 6.07) is 3.47. The number of carbonyl (C=O) groups is 1. The first-order valence-electron chi connectivity index (χ1n) is 6.01. The second-order valence-corrected chi connectivity index (χ2v) is 6.03. The average molecular weight is 373 g/mol. The average Bonchev–Trinajstić information content (AvgIpc) is 2.33. The Morgan fingerprint density at radius 1 is 1.45 bits per heavy atom. The number of nitrogens with one attached hydrogen (secondary N) is 1. The van der Waals surface area contributed by atoms with E-state index in [-0.39, 0.29) is 15.4 Å². The van der Waals surface area contributed by atoms with Crippen molar-refractivity contribution in [3.05, 3.63) is 33.8 Å². The zero-order valence-electron chi connectivity index (χ0n) is 10.7. The van der Waals surface area contributed by atoms with Gasteiger partial charge in [0.05, 0.1) is 11.1 Å². The highest BCUT2D eigenvalue weighted by Crippen LogP contribution is 2.33. The fourth-order valence-electron chi connectivity index (χ4n) is 1.63. The normalized spacial score (nSPS) is 13.1. The first-order chi connectivity index (χ1) is 9.21. The zero-order valence-corrected chi connectivity index (χ0v) is 13.1. The molecule has 0 saturated heterocycles. The Hall–Kier alpha value is -0.750. The number of rotatable bonds is 5. The molecule has 0 fully saturated rings. The smallest absolute Gasteiger partial charge is 0.352 e. The molecule has 1 unspecified atom stereocenters. The van der Waals surface area contributed by atoms with Crippen LogP contribution in [0.1, 0.15) is 35.7 Å². The van der Waals surface area contributed by atoms with Crippen molar-refractivity contribution in [3.63, 3.8) is 0 Å². The monoisotopic (exact) mass is 371 g/mol. The van der Waals surface area contributed by atoms with Crippen molar-refractivity contribution in [2.75, 3.05) is 6.54 Å². The van der Waals surface area contributed by atoms with Crippen LogP contribution in [-0.4, -0.2) is 17.8 Å². The van der Waals surface area contributed by atoms with E-state index in [4.69, 9.17) is 11.6 Å². The van der Waals surface area contributed by atoms with Crippen molar-refractivity contribution >= 4 is 33.4 Å². The Labute approximate surface area is 128 Å². The minimum absolute atomic E-state index is 0.0229. The predicted molar refractivity (Wildman–Crippen MR) is 76.0 cm³/mol. The van der Waals surface area contributed by atoms with Crippen LogP contribution in [0.4, 0.5) is 13.2 Å². The van der Waals surface area contributed by atoms with Crippen LogP contribution < -0.4 is 5.32 Å². The molecule has 0 saturated carbocycles. The van der Waals surface area contributed by atoms with Gasteiger partial charge in [0.1, 0.15) is 0 Å². The molecule has 112 valence electrons. The van der Waals surface area contributed by atoms with E-state index >= 15 is 0 Å². The molecule has 0 aromatic heterocycles. The summed E-state index contributed by atoms with van der Waals surface area (Å²) < 4.78 is 38.9. The van der Waals surface area contributed by atoms with Gasteiger partial charge in [0.15, 0.2) is 0 Å². The maximum absolute atomic E-state index is 12.9. The molecule has 0 spiro atoms. The van der Waals surface area contributed by atoms with Crippen molar-refractivity contribution in [1.29, 1.82) is 0 Å². The van der Waals surface area contributed by atoms with E-state index in [0.29, 0.717) is 19.4 Å². The van der Waals surface area contributed by atoms with Crippen LogP contribution in [0.3, 0.4) is 0 Å². The van der Waals surface area contributed by atoms with Crippen LogP contribution in [0.5, 0.6) is 0 Å². The van der Waals surface area contributed by atoms with Crippen molar-refractivity contribution in [1.82, 2.24) is 5.32 Å². The van der Waals surface area contributed by atoms with Gasteiger partial charge in [0, 0.05) is 16.4 Å². The van der Waals surface area contributed by atoms with E-state index in [1.807, 2.05) is 6.92 Å². The summed E-state index contributed by atoms with van der Waals surface area (Å²) in [4.78, 5) is 11.8. The topological polar surface area (TPSA) is 29.1 Å². The molecule has 7 heteroatoms. The molecule has 1 amide bonds. The predicted octanol–water partition coefficient (Wildman–Crippen LogP) is 4.61. The summed E-state index contributed by atoms with van der Waals surface area (Å²) in [5, 5.41) is 2.45. The molecule has 0 aliphatic rings. The summed E-state index contributed by atoms with van der Waals surface area (Å²) >= 11 is 8.72. The first kappa shape index (κ1) is 17.3. The number of benzene rings is 1. The fourth-order valence-corrected chi connectivity index (χ4v) is 2.14. The standard InChI is InChI=1S/C13H14BrClF3NO/c1-8(15)3-2-6-19-12(20)10-5-4-9(14)7-11(10)13(16,17)18/h4-5,7-8H,2-3,6H2,1H3,(H,19,20). The Morgan fingerprint density at radius 2 is 2.10 bits per heavy atom. The number of amides is 1. The number of alkyl halides is 4. The van der Waals surface area contributed by atoms with Gasteiger partial charge >= 0.3 is 6.18 Å². The van der Waals surface area contributed by atoms with Crippen molar-refractivity contribution in [2.24, 2.45) is 0 Å². The molecule has 2 nitrogen and oxygen atoms in total. The maximum atomic E-state index is 12.9. The molecule has 0 heterocycles. The molecular formula is C13H14BrClF3NO. The van der Waals surface area contributed by atoms with Gasteiger partial charge in [-0.2, -0.15) is 13.2 Å². The Kier molecular flexibility index (Phi) is 6.33. The lowest BCUT2D eigenvalue weighted by Gasteiger charge is -2.13. The molecule has 20 heavy (non-hydrogen) atoms. The largest absolute Gasteiger partial charge is 0.417 e. The first-order valence-corrected chi connectivity index (χ1v) is 7.23. The van der Waals surface area contributed by atoms with Gasteiger partial charge in [0.2, 0.25) is 0 Å². The second kappa shape index (κ2) is 7.31. The summed E-state index contributed by atoms with van der Waals surface area (Å²) in [6.45, 7) is 2.11. The molecule has 1 atom stereocenters. The molecule has 0 aliphatic heterocycles. The summed E-state index contributed by atoms with van der Waals surface area (Å²) in [7, 11) is 0. The molecule has 1 rings (SSSR count). The highest BCUT2D eigenvalue weighted by Gasteiger charge is 2.35. The minimum atomic E-state index is -4.57. The van der Waals surface area contributed by atoms with Crippen molar-refractivity contribution < 1.29 is 18.0 Å². The number of halogens is 5. The van der Waals surface area contributed by atoms with Crippen LogP contribution in [0.25, 0.3) is 0 Å². The zero-order chi connectivity index (χ0) is 15.3. The van der Waals surface area contributed by atoms with Gasteiger partial charge in [-0.15, -0.1) is 11.6 Å². The van der Waals surface area contributed by atoms with Gasteiger partial charge < -0.3 is 5.32 Å². The van der Waals surface area contributed by atoms with Gasteiger partial charge in [-0.3, -0.25) is 4.79 Å². The molecule has 0 bridgehead atoms. The lowest BCUT2D eigenvalue weighted by molar-refractivity contribution is -0.138. The van der Waals surface area contributed by atoms with Gasteiger partial charge in [-0.1, -0.05) is 15.9 Å². The molecular weight excluding hydrogens is 358 g/mol. The van der Waals surface area contributed by atoms with E-state index in [0.717, 1.165) is 12.1 Å². The summed E-state index contributed by atoms with van der Waals surface area (Å²) in [6.07, 6.45) is -3.26. The Bertz CT molecular complexity index is 477. The van der Waals surface area contributed by atoms with E-state index in [9.17, 15) is 18.0 Å². The highest BCUT2D eigenvalue weighted by molar-refractivity contribution is 9.10. The summed E-state index contributed by atoms with van der Waals surface area (Å²) in [5.41, 5.74) is -1.32. The van der Waals surface area contributed by atoms with Gasteiger partial charge in [-0.25, -0.2) is 0 Å². The lowest BCUT2D eigenvalue weighted by Crippen LogP contribution is -2.27. The quantitative estimate of drug-likeness (QED) is 0.594. The second-order valence-electron chi connectivity index (χ2n) is 4.37. The maximum Gasteiger partial charge on any atom is 0.417 e. The molecule has 1 aromatic rings. The van der Waals surface area contributed by atoms with E-state index in [2.05, 4.69) is 21.2 Å². The summed E-state index contributed by atoms with van der Waals surface area (Å²) in [5.74, 6) is -0.730. The van der Waals surface area contributed by atoms with Crippen LogP contribution in [0, 0.1) is 0 Å². The number of carbonyl (C=O) groups excluding carboxylic acids is 1. The fraction of sp³-hybridized carbons (Fsp3) is 0.462. The third-order valence-electron chi connectivity index (χ3n) is 2.60. The number of hydrogen-bond donors (Lipinski definition) is 1. The minimum Gasteiger partial charge on any atom is -0.352 e. The van der Waals surface area contributed by atoms with Crippen LogP contribution in [0.2, 0.25) is 0 Å².